The number of amides is 2. The minimum atomic E-state index is -0.250. The Kier molecular flexibility index (Phi) is 6.31. The number of benzene rings is 1. The van der Waals surface area contributed by atoms with E-state index >= 15 is 0 Å². The minimum absolute atomic E-state index is 0.0228. The summed E-state index contributed by atoms with van der Waals surface area (Å²) in [5.74, 6) is 0.789. The Bertz CT molecular complexity index is 449. The van der Waals surface area contributed by atoms with Crippen LogP contribution in [0.25, 0.3) is 0 Å². The number of aliphatic hydroxyl groups is 1. The lowest BCUT2D eigenvalue weighted by Crippen LogP contribution is -2.44. The highest BCUT2D eigenvalue weighted by atomic mass is 16.5. The maximum absolute atomic E-state index is 11.8. The van der Waals surface area contributed by atoms with E-state index in [0.717, 1.165) is 16.9 Å². The Labute approximate surface area is 120 Å². The molecule has 0 bridgehead atoms. The first-order chi connectivity index (χ1) is 9.47. The highest BCUT2D eigenvalue weighted by Gasteiger charge is 2.13. The maximum Gasteiger partial charge on any atom is 0.315 e. The van der Waals surface area contributed by atoms with E-state index in [2.05, 4.69) is 10.6 Å². The second-order valence-corrected chi connectivity index (χ2v) is 5.09. The average Bonchev–Trinajstić information content (AvgIpc) is 2.44. The molecule has 0 aromatic heterocycles. The summed E-state index contributed by atoms with van der Waals surface area (Å²) in [4.78, 5) is 11.8. The van der Waals surface area contributed by atoms with E-state index in [1.807, 2.05) is 39.0 Å². The van der Waals surface area contributed by atoms with Gasteiger partial charge in [0.15, 0.2) is 0 Å². The summed E-state index contributed by atoms with van der Waals surface area (Å²) in [6, 6.07) is 5.52. The zero-order valence-electron chi connectivity index (χ0n) is 12.6. The van der Waals surface area contributed by atoms with E-state index in [0.29, 0.717) is 6.54 Å². The van der Waals surface area contributed by atoms with Gasteiger partial charge in [0.05, 0.1) is 7.11 Å². The molecule has 5 nitrogen and oxygen atoms in total. The van der Waals surface area contributed by atoms with Crippen molar-refractivity contribution in [3.05, 3.63) is 29.3 Å². The number of aryl methyl sites for hydroxylation is 1. The first-order valence-electron chi connectivity index (χ1n) is 6.76. The third-order valence-corrected chi connectivity index (χ3v) is 3.38. The molecule has 2 unspecified atom stereocenters. The van der Waals surface area contributed by atoms with E-state index in [9.17, 15) is 4.79 Å². The molecule has 0 heterocycles. The first kappa shape index (κ1) is 16.3. The molecule has 0 saturated heterocycles. The van der Waals surface area contributed by atoms with Crippen molar-refractivity contribution >= 4 is 6.03 Å². The first-order valence-corrected chi connectivity index (χ1v) is 6.76. The van der Waals surface area contributed by atoms with Crippen molar-refractivity contribution in [2.45, 2.75) is 33.4 Å². The summed E-state index contributed by atoms with van der Waals surface area (Å²) in [5, 5.41) is 14.6. The predicted molar refractivity (Wildman–Crippen MR) is 78.8 cm³/mol. The van der Waals surface area contributed by atoms with Crippen LogP contribution in [0.1, 0.15) is 25.0 Å². The van der Waals surface area contributed by atoms with Crippen LogP contribution in [0.4, 0.5) is 4.79 Å². The largest absolute Gasteiger partial charge is 0.496 e. The van der Waals surface area contributed by atoms with Gasteiger partial charge in [-0.2, -0.15) is 0 Å². The van der Waals surface area contributed by atoms with Gasteiger partial charge in [-0.05, 0) is 31.4 Å². The molecule has 0 spiro atoms. The Morgan fingerprint density at radius 3 is 2.70 bits per heavy atom. The van der Waals surface area contributed by atoms with Crippen LogP contribution in [0.15, 0.2) is 18.2 Å². The predicted octanol–water partition coefficient (Wildman–Crippen LogP) is 1.82. The van der Waals surface area contributed by atoms with Crippen LogP contribution in [0.2, 0.25) is 0 Å². The number of hydrogen-bond acceptors (Lipinski definition) is 3. The Morgan fingerprint density at radius 1 is 1.40 bits per heavy atom. The molecule has 20 heavy (non-hydrogen) atoms. The molecule has 1 aromatic carbocycles. The highest BCUT2D eigenvalue weighted by Crippen LogP contribution is 2.19. The van der Waals surface area contributed by atoms with Crippen molar-refractivity contribution in [3.8, 4) is 5.75 Å². The van der Waals surface area contributed by atoms with Gasteiger partial charge < -0.3 is 20.5 Å². The molecule has 0 aliphatic heterocycles. The molecular formula is C15H24N2O3. The third-order valence-electron chi connectivity index (χ3n) is 3.38. The summed E-state index contributed by atoms with van der Waals surface area (Å²) in [6.45, 7) is 6.19. The van der Waals surface area contributed by atoms with Crippen molar-refractivity contribution < 1.29 is 14.6 Å². The van der Waals surface area contributed by atoms with Crippen LogP contribution in [0.5, 0.6) is 5.75 Å². The van der Waals surface area contributed by atoms with Crippen molar-refractivity contribution in [2.24, 2.45) is 5.92 Å². The number of ether oxygens (including phenoxy) is 1. The van der Waals surface area contributed by atoms with E-state index in [1.165, 1.54) is 0 Å². The number of nitrogens with one attached hydrogen (secondary N) is 2. The van der Waals surface area contributed by atoms with Crippen molar-refractivity contribution in [1.82, 2.24) is 10.6 Å². The lowest BCUT2D eigenvalue weighted by Gasteiger charge is -2.19. The molecule has 0 fully saturated rings. The van der Waals surface area contributed by atoms with Gasteiger partial charge in [-0.25, -0.2) is 4.79 Å². The van der Waals surface area contributed by atoms with Crippen LogP contribution >= 0.6 is 0 Å². The van der Waals surface area contributed by atoms with Gasteiger partial charge in [-0.1, -0.05) is 19.1 Å². The standard InChI is InChI=1S/C15H24N2O3/c1-10-5-6-13(14(7-10)20-4)8-16-15(19)17-12(3)11(2)9-18/h5-7,11-12,18H,8-9H2,1-4H3,(H2,16,17,19). The Morgan fingerprint density at radius 2 is 2.10 bits per heavy atom. The smallest absolute Gasteiger partial charge is 0.315 e. The number of rotatable bonds is 6. The summed E-state index contributed by atoms with van der Waals surface area (Å²) in [5.41, 5.74) is 2.04. The molecule has 0 aliphatic carbocycles. The van der Waals surface area contributed by atoms with Crippen LogP contribution in [-0.4, -0.2) is 30.9 Å². The fraction of sp³-hybridized carbons (Fsp3) is 0.533. The van der Waals surface area contributed by atoms with Crippen molar-refractivity contribution in [3.63, 3.8) is 0 Å². The van der Waals surface area contributed by atoms with Crippen LogP contribution in [0, 0.1) is 12.8 Å². The molecule has 3 N–H and O–H groups in total. The summed E-state index contributed by atoms with van der Waals surface area (Å²) >= 11 is 0. The minimum Gasteiger partial charge on any atom is -0.496 e. The van der Waals surface area contributed by atoms with E-state index in [1.54, 1.807) is 7.11 Å². The normalized spacial score (nSPS) is 13.4. The number of carbonyl (C=O) groups excluding carboxylic acids is 1. The SMILES string of the molecule is COc1cc(C)ccc1CNC(=O)NC(C)C(C)CO. The van der Waals surface area contributed by atoms with Gasteiger partial charge in [0.1, 0.15) is 5.75 Å². The molecule has 1 aromatic rings. The Hall–Kier alpha value is -1.75. The van der Waals surface area contributed by atoms with Gasteiger partial charge >= 0.3 is 6.03 Å². The molecule has 1 rings (SSSR count). The molecule has 2 atom stereocenters. The average molecular weight is 280 g/mol. The van der Waals surface area contributed by atoms with Crippen LogP contribution < -0.4 is 15.4 Å². The number of methoxy groups -OCH3 is 1. The van der Waals surface area contributed by atoms with Crippen molar-refractivity contribution in [2.75, 3.05) is 13.7 Å². The van der Waals surface area contributed by atoms with Gasteiger partial charge in [0, 0.05) is 24.8 Å². The number of carbonyl (C=O) groups is 1. The fourth-order valence-electron chi connectivity index (χ4n) is 1.73. The molecule has 0 aliphatic rings. The maximum atomic E-state index is 11.8. The van der Waals surface area contributed by atoms with E-state index in [4.69, 9.17) is 9.84 Å². The Balaban J connectivity index is 2.53. The number of hydrogen-bond donors (Lipinski definition) is 3. The van der Waals surface area contributed by atoms with E-state index < -0.39 is 0 Å². The summed E-state index contributed by atoms with van der Waals surface area (Å²) < 4.78 is 5.29. The molecular weight excluding hydrogens is 256 g/mol. The molecule has 112 valence electrons. The van der Waals surface area contributed by atoms with Crippen molar-refractivity contribution in [1.29, 1.82) is 0 Å². The second kappa shape index (κ2) is 7.75. The third kappa shape index (κ3) is 4.74. The molecule has 2 amide bonds. The summed E-state index contributed by atoms with van der Waals surface area (Å²) in [7, 11) is 1.61. The molecule has 0 saturated carbocycles. The topological polar surface area (TPSA) is 70.6 Å². The second-order valence-electron chi connectivity index (χ2n) is 5.09. The van der Waals surface area contributed by atoms with Crippen LogP contribution in [0.3, 0.4) is 0 Å². The molecule has 5 heteroatoms. The van der Waals surface area contributed by atoms with Crippen LogP contribution in [-0.2, 0) is 6.54 Å². The van der Waals surface area contributed by atoms with Gasteiger partial charge in [0.2, 0.25) is 0 Å². The van der Waals surface area contributed by atoms with Gasteiger partial charge in [0.25, 0.3) is 0 Å². The quantitative estimate of drug-likeness (QED) is 0.744. The van der Waals surface area contributed by atoms with E-state index in [-0.39, 0.29) is 24.6 Å². The molecule has 0 radical (unpaired) electrons. The number of urea groups is 1. The monoisotopic (exact) mass is 280 g/mol. The highest BCUT2D eigenvalue weighted by molar-refractivity contribution is 5.74. The fourth-order valence-corrected chi connectivity index (χ4v) is 1.73. The van der Waals surface area contributed by atoms with Gasteiger partial charge in [-0.3, -0.25) is 0 Å². The zero-order chi connectivity index (χ0) is 15.1. The lowest BCUT2D eigenvalue weighted by molar-refractivity contribution is 0.200. The number of aliphatic hydroxyl groups excluding tert-OH is 1. The lowest BCUT2D eigenvalue weighted by atomic mass is 10.1. The van der Waals surface area contributed by atoms with Gasteiger partial charge in [-0.15, -0.1) is 0 Å². The summed E-state index contributed by atoms with van der Waals surface area (Å²) in [6.07, 6.45) is 0. The zero-order valence-corrected chi connectivity index (χ0v) is 12.6.